The average molecular weight is 359 g/mol. The molecule has 0 saturated carbocycles. The Morgan fingerprint density at radius 1 is 0.815 bits per heavy atom. The molecule has 0 spiro atoms. The van der Waals surface area contributed by atoms with Gasteiger partial charge in [-0.1, -0.05) is 60.7 Å². The van der Waals surface area contributed by atoms with Crippen LogP contribution in [0, 0.1) is 0 Å². The van der Waals surface area contributed by atoms with Gasteiger partial charge < -0.3 is 14.8 Å². The second-order valence-corrected chi connectivity index (χ2v) is 5.85. The quantitative estimate of drug-likeness (QED) is 0.474. The summed E-state index contributed by atoms with van der Waals surface area (Å²) >= 11 is 0. The van der Waals surface area contributed by atoms with E-state index in [-0.39, 0.29) is 5.78 Å². The Hall–Kier alpha value is -3.53. The van der Waals surface area contributed by atoms with Gasteiger partial charge in [0.1, 0.15) is 11.5 Å². The van der Waals surface area contributed by atoms with E-state index in [1.807, 2.05) is 60.7 Å². The number of methoxy groups -OCH3 is 2. The smallest absolute Gasteiger partial charge is 0.187 e. The minimum atomic E-state index is -0.0746. The highest BCUT2D eigenvalue weighted by molar-refractivity contribution is 6.09. The van der Waals surface area contributed by atoms with Crippen LogP contribution in [0.15, 0.2) is 84.9 Å². The number of carbonyl (C=O) groups excluding carboxylic acids is 1. The molecule has 0 aliphatic rings. The fourth-order valence-corrected chi connectivity index (χ4v) is 2.67. The lowest BCUT2D eigenvalue weighted by Crippen LogP contribution is -2.05. The Morgan fingerprint density at radius 3 is 2.04 bits per heavy atom. The van der Waals surface area contributed by atoms with Crippen LogP contribution in [-0.4, -0.2) is 20.0 Å². The van der Waals surface area contributed by atoms with Crippen molar-refractivity contribution in [3.63, 3.8) is 0 Å². The van der Waals surface area contributed by atoms with Gasteiger partial charge >= 0.3 is 0 Å². The maximum atomic E-state index is 12.7. The van der Waals surface area contributed by atoms with Crippen molar-refractivity contribution in [3.8, 4) is 11.5 Å². The van der Waals surface area contributed by atoms with Crippen molar-refractivity contribution in [2.24, 2.45) is 0 Å². The van der Waals surface area contributed by atoms with Crippen LogP contribution in [0.4, 0.5) is 5.69 Å². The Balaban J connectivity index is 1.99. The zero-order chi connectivity index (χ0) is 19.1. The lowest BCUT2D eigenvalue weighted by Gasteiger charge is -2.15. The standard InChI is InChI=1S/C23H21NO3/c1-26-19-13-14-20(23(15-19)27-2)24-21(17-9-5-3-6-10-17)16-22(25)18-11-7-4-8-12-18/h3-16,24H,1-2H3/b21-16-. The first-order chi connectivity index (χ1) is 13.2. The van der Waals surface area contributed by atoms with Gasteiger partial charge in [0.15, 0.2) is 5.78 Å². The summed E-state index contributed by atoms with van der Waals surface area (Å²) in [6, 6.07) is 24.4. The van der Waals surface area contributed by atoms with Gasteiger partial charge in [0.05, 0.1) is 19.9 Å². The molecule has 0 atom stereocenters. The molecule has 27 heavy (non-hydrogen) atoms. The summed E-state index contributed by atoms with van der Waals surface area (Å²) in [6.07, 6.45) is 1.61. The van der Waals surface area contributed by atoms with Crippen molar-refractivity contribution in [1.29, 1.82) is 0 Å². The Morgan fingerprint density at radius 2 is 1.44 bits per heavy atom. The molecule has 3 rings (SSSR count). The van der Waals surface area contributed by atoms with E-state index in [9.17, 15) is 4.79 Å². The van der Waals surface area contributed by atoms with Gasteiger partial charge in [-0.3, -0.25) is 4.79 Å². The van der Waals surface area contributed by atoms with Crippen LogP contribution in [-0.2, 0) is 0 Å². The third-order valence-corrected chi connectivity index (χ3v) is 4.10. The molecule has 0 amide bonds. The summed E-state index contributed by atoms with van der Waals surface area (Å²) in [4.78, 5) is 12.7. The first kappa shape index (κ1) is 18.3. The fraction of sp³-hybridized carbons (Fsp3) is 0.0870. The molecular formula is C23H21NO3. The minimum Gasteiger partial charge on any atom is -0.497 e. The van der Waals surface area contributed by atoms with Crippen LogP contribution >= 0.6 is 0 Å². The van der Waals surface area contributed by atoms with Crippen molar-refractivity contribution in [2.45, 2.75) is 0 Å². The maximum absolute atomic E-state index is 12.7. The number of carbonyl (C=O) groups is 1. The number of hydrogen-bond acceptors (Lipinski definition) is 4. The number of benzene rings is 3. The molecule has 0 unspecified atom stereocenters. The molecule has 1 N–H and O–H groups in total. The van der Waals surface area contributed by atoms with E-state index in [4.69, 9.17) is 9.47 Å². The Kier molecular flexibility index (Phi) is 5.90. The molecule has 0 aliphatic heterocycles. The van der Waals surface area contributed by atoms with E-state index in [0.717, 1.165) is 11.3 Å². The van der Waals surface area contributed by atoms with Crippen molar-refractivity contribution in [1.82, 2.24) is 0 Å². The second kappa shape index (κ2) is 8.72. The normalized spacial score (nSPS) is 11.0. The zero-order valence-electron chi connectivity index (χ0n) is 15.3. The summed E-state index contributed by atoms with van der Waals surface area (Å²) in [7, 11) is 3.21. The summed E-state index contributed by atoms with van der Waals surface area (Å²) in [5.74, 6) is 1.25. The molecule has 0 fully saturated rings. The molecule has 0 heterocycles. The van der Waals surface area contributed by atoms with E-state index in [1.165, 1.54) is 0 Å². The molecule has 3 aromatic carbocycles. The van der Waals surface area contributed by atoms with Crippen LogP contribution in [0.3, 0.4) is 0 Å². The highest BCUT2D eigenvalue weighted by Gasteiger charge is 2.11. The highest BCUT2D eigenvalue weighted by atomic mass is 16.5. The molecule has 4 nitrogen and oxygen atoms in total. The van der Waals surface area contributed by atoms with Crippen molar-refractivity contribution >= 4 is 17.2 Å². The topological polar surface area (TPSA) is 47.6 Å². The number of hydrogen-bond donors (Lipinski definition) is 1. The van der Waals surface area contributed by atoms with Gasteiger partial charge in [-0.2, -0.15) is 0 Å². The summed E-state index contributed by atoms with van der Waals surface area (Å²) < 4.78 is 10.7. The number of anilines is 1. The number of allylic oxidation sites excluding steroid dienone is 1. The van der Waals surface area contributed by atoms with Gasteiger partial charge in [0, 0.05) is 23.4 Å². The zero-order valence-corrected chi connectivity index (χ0v) is 15.3. The molecule has 0 aromatic heterocycles. The fourth-order valence-electron chi connectivity index (χ4n) is 2.67. The largest absolute Gasteiger partial charge is 0.497 e. The Bertz CT molecular complexity index is 934. The van der Waals surface area contributed by atoms with Gasteiger partial charge in [-0.25, -0.2) is 0 Å². The van der Waals surface area contributed by atoms with Gasteiger partial charge in [0.25, 0.3) is 0 Å². The number of rotatable bonds is 7. The molecule has 0 aliphatic carbocycles. The average Bonchev–Trinajstić information content (AvgIpc) is 2.74. The van der Waals surface area contributed by atoms with Crippen molar-refractivity contribution in [3.05, 3.63) is 96.1 Å². The lowest BCUT2D eigenvalue weighted by atomic mass is 10.1. The summed E-state index contributed by atoms with van der Waals surface area (Å²) in [6.45, 7) is 0. The molecule has 4 heteroatoms. The van der Waals surface area contributed by atoms with Gasteiger partial charge in [0.2, 0.25) is 0 Å². The van der Waals surface area contributed by atoms with Crippen LogP contribution in [0.25, 0.3) is 5.70 Å². The molecular weight excluding hydrogens is 338 g/mol. The first-order valence-electron chi connectivity index (χ1n) is 8.57. The molecule has 0 bridgehead atoms. The summed E-state index contributed by atoms with van der Waals surface area (Å²) in [5, 5.41) is 3.33. The third kappa shape index (κ3) is 4.55. The molecule has 0 saturated heterocycles. The van der Waals surface area contributed by atoms with E-state index in [0.29, 0.717) is 22.8 Å². The van der Waals surface area contributed by atoms with E-state index in [2.05, 4.69) is 5.32 Å². The summed E-state index contributed by atoms with van der Waals surface area (Å²) in [5.41, 5.74) is 2.97. The Labute approximate surface area is 159 Å². The predicted octanol–water partition coefficient (Wildman–Crippen LogP) is 5.04. The number of ether oxygens (including phenoxy) is 2. The van der Waals surface area contributed by atoms with Crippen LogP contribution in [0.1, 0.15) is 15.9 Å². The number of nitrogens with one attached hydrogen (secondary N) is 1. The third-order valence-electron chi connectivity index (χ3n) is 4.10. The van der Waals surface area contributed by atoms with Gasteiger partial charge in [-0.05, 0) is 17.7 Å². The van der Waals surface area contributed by atoms with Crippen LogP contribution in [0.5, 0.6) is 11.5 Å². The minimum absolute atomic E-state index is 0.0746. The predicted molar refractivity (Wildman–Crippen MR) is 108 cm³/mol. The highest BCUT2D eigenvalue weighted by Crippen LogP contribution is 2.31. The SMILES string of the molecule is COc1ccc(N/C(=C\C(=O)c2ccccc2)c2ccccc2)c(OC)c1. The molecule has 3 aromatic rings. The lowest BCUT2D eigenvalue weighted by molar-refractivity contribution is 0.104. The van der Waals surface area contributed by atoms with Crippen LogP contribution in [0.2, 0.25) is 0 Å². The number of ketones is 1. The monoisotopic (exact) mass is 359 g/mol. The molecule has 0 radical (unpaired) electrons. The van der Waals surface area contributed by atoms with Crippen molar-refractivity contribution in [2.75, 3.05) is 19.5 Å². The van der Waals surface area contributed by atoms with E-state index >= 15 is 0 Å². The van der Waals surface area contributed by atoms with Crippen molar-refractivity contribution < 1.29 is 14.3 Å². The first-order valence-corrected chi connectivity index (χ1v) is 8.57. The van der Waals surface area contributed by atoms with E-state index < -0.39 is 0 Å². The maximum Gasteiger partial charge on any atom is 0.187 e. The van der Waals surface area contributed by atoms with Gasteiger partial charge in [-0.15, -0.1) is 0 Å². The van der Waals surface area contributed by atoms with Crippen LogP contribution < -0.4 is 14.8 Å². The molecule has 136 valence electrons. The van der Waals surface area contributed by atoms with E-state index in [1.54, 1.807) is 38.5 Å². The second-order valence-electron chi connectivity index (χ2n) is 5.85.